The van der Waals surface area contributed by atoms with E-state index < -0.39 is 0 Å². The number of benzene rings is 2. The fourth-order valence-corrected chi connectivity index (χ4v) is 3.70. The molecule has 5 rings (SSSR count). The van der Waals surface area contributed by atoms with Crippen LogP contribution in [0.5, 0.6) is 0 Å². The van der Waals surface area contributed by atoms with E-state index >= 15 is 0 Å². The summed E-state index contributed by atoms with van der Waals surface area (Å²) in [7, 11) is 0. The number of nitrogens with one attached hydrogen (secondary N) is 2. The minimum atomic E-state index is -0.154. The molecule has 0 fully saturated rings. The van der Waals surface area contributed by atoms with Crippen LogP contribution in [0.15, 0.2) is 71.5 Å². The van der Waals surface area contributed by atoms with E-state index in [1.807, 2.05) is 60.7 Å². The van der Waals surface area contributed by atoms with Crippen LogP contribution in [0, 0.1) is 0 Å². The van der Waals surface area contributed by atoms with Crippen molar-refractivity contribution in [2.75, 3.05) is 6.54 Å². The van der Waals surface area contributed by atoms with Crippen molar-refractivity contribution in [2.24, 2.45) is 0 Å². The molecular weight excluding hydrogens is 378 g/mol. The first-order chi connectivity index (χ1) is 14.7. The summed E-state index contributed by atoms with van der Waals surface area (Å²) in [6.07, 6.45) is 0.470. The molecule has 7 heteroatoms. The lowest BCUT2D eigenvalue weighted by atomic mass is 10.1. The van der Waals surface area contributed by atoms with Gasteiger partial charge in [-0.1, -0.05) is 60.7 Å². The normalized spacial score (nSPS) is 13.1. The van der Waals surface area contributed by atoms with Crippen LogP contribution in [0.3, 0.4) is 0 Å². The van der Waals surface area contributed by atoms with Crippen molar-refractivity contribution >= 4 is 5.91 Å². The number of H-pyrrole nitrogens is 2. The fraction of sp³-hybridized carbons (Fsp3) is 0.130. The molecule has 30 heavy (non-hydrogen) atoms. The molecule has 0 unspecified atom stereocenters. The number of carbonyl (C=O) groups is 1. The van der Waals surface area contributed by atoms with Crippen molar-refractivity contribution in [3.63, 3.8) is 0 Å². The maximum Gasteiger partial charge on any atom is 0.272 e. The smallest absolute Gasteiger partial charge is 0.272 e. The highest BCUT2D eigenvalue weighted by Crippen LogP contribution is 2.22. The predicted octanol–water partition coefficient (Wildman–Crippen LogP) is 3.03. The zero-order valence-corrected chi connectivity index (χ0v) is 16.1. The van der Waals surface area contributed by atoms with E-state index in [0.717, 1.165) is 16.8 Å². The number of carbonyl (C=O) groups excluding carboxylic acids is 1. The van der Waals surface area contributed by atoms with E-state index in [-0.39, 0.29) is 18.0 Å². The molecule has 0 radical (unpaired) electrons. The summed E-state index contributed by atoms with van der Waals surface area (Å²) in [6.45, 7) is 0.749. The van der Waals surface area contributed by atoms with Crippen molar-refractivity contribution in [1.29, 1.82) is 0 Å². The molecule has 0 bridgehead atoms. The lowest BCUT2D eigenvalue weighted by Gasteiger charge is -2.27. The predicted molar refractivity (Wildman–Crippen MR) is 113 cm³/mol. The topological polar surface area (TPSA) is 94.7 Å². The third kappa shape index (κ3) is 3.30. The van der Waals surface area contributed by atoms with Gasteiger partial charge in [-0.25, -0.2) is 4.98 Å². The summed E-state index contributed by atoms with van der Waals surface area (Å²) in [4.78, 5) is 34.8. The number of aromatic nitrogens is 4. The molecule has 0 saturated carbocycles. The first-order valence-corrected chi connectivity index (χ1v) is 9.76. The zero-order chi connectivity index (χ0) is 20.5. The van der Waals surface area contributed by atoms with Gasteiger partial charge in [0.1, 0.15) is 11.5 Å². The van der Waals surface area contributed by atoms with E-state index in [2.05, 4.69) is 20.2 Å². The summed E-state index contributed by atoms with van der Waals surface area (Å²) in [5.74, 6) is 0.361. The van der Waals surface area contributed by atoms with Gasteiger partial charge < -0.3 is 9.88 Å². The molecule has 1 aliphatic heterocycles. The second-order valence-corrected chi connectivity index (χ2v) is 7.22. The Hall–Kier alpha value is -4.00. The lowest BCUT2D eigenvalue weighted by Crippen LogP contribution is -2.39. The van der Waals surface area contributed by atoms with Crippen molar-refractivity contribution in [3.05, 3.63) is 94.0 Å². The standard InChI is InChI=1S/C23H19N5O2/c29-22-17-11-12-28(14-20(17)24-21(25-22)16-9-5-2-6-10-16)23(30)19-13-18(26-27-19)15-7-3-1-4-8-15/h1-10,13H,11-12,14H2,(H,26,27)(H,24,25,29). The molecule has 148 valence electrons. The molecule has 4 aromatic rings. The first kappa shape index (κ1) is 18.1. The number of nitrogens with zero attached hydrogens (tertiary/aromatic N) is 3. The fourth-order valence-electron chi connectivity index (χ4n) is 3.70. The van der Waals surface area contributed by atoms with E-state index in [0.29, 0.717) is 35.7 Å². The average molecular weight is 397 g/mol. The van der Waals surface area contributed by atoms with Crippen LogP contribution in [0.4, 0.5) is 0 Å². The highest BCUT2D eigenvalue weighted by molar-refractivity contribution is 5.93. The van der Waals surface area contributed by atoms with Crippen LogP contribution in [0.25, 0.3) is 22.6 Å². The maximum atomic E-state index is 13.0. The summed E-state index contributed by atoms with van der Waals surface area (Å²) < 4.78 is 0. The van der Waals surface area contributed by atoms with E-state index in [1.54, 1.807) is 11.0 Å². The molecule has 0 saturated heterocycles. The van der Waals surface area contributed by atoms with Crippen molar-refractivity contribution < 1.29 is 4.79 Å². The molecule has 0 aliphatic carbocycles. The van der Waals surface area contributed by atoms with Gasteiger partial charge in [-0.2, -0.15) is 5.10 Å². The van der Waals surface area contributed by atoms with Gasteiger partial charge in [-0.05, 0) is 12.5 Å². The van der Waals surface area contributed by atoms with Crippen LogP contribution >= 0.6 is 0 Å². The van der Waals surface area contributed by atoms with Gasteiger partial charge in [0.15, 0.2) is 0 Å². The van der Waals surface area contributed by atoms with Gasteiger partial charge in [0.05, 0.1) is 17.9 Å². The van der Waals surface area contributed by atoms with Crippen LogP contribution < -0.4 is 5.56 Å². The Balaban J connectivity index is 1.41. The highest BCUT2D eigenvalue weighted by Gasteiger charge is 2.26. The Morgan fingerprint density at radius 2 is 1.67 bits per heavy atom. The Labute approximate surface area is 172 Å². The number of rotatable bonds is 3. The van der Waals surface area contributed by atoms with E-state index in [1.165, 1.54) is 0 Å². The minimum absolute atomic E-state index is 0.140. The van der Waals surface area contributed by atoms with Crippen molar-refractivity contribution in [1.82, 2.24) is 25.1 Å². The molecule has 2 N–H and O–H groups in total. The van der Waals surface area contributed by atoms with Gasteiger partial charge in [0.25, 0.3) is 11.5 Å². The summed E-state index contributed by atoms with van der Waals surface area (Å²) in [5.41, 5.74) is 4.06. The average Bonchev–Trinajstić information content (AvgIpc) is 3.30. The Morgan fingerprint density at radius 3 is 2.40 bits per heavy atom. The number of amides is 1. The Bertz CT molecular complexity index is 1260. The van der Waals surface area contributed by atoms with Crippen LogP contribution in [-0.2, 0) is 13.0 Å². The minimum Gasteiger partial charge on any atom is -0.331 e. The van der Waals surface area contributed by atoms with Gasteiger partial charge in [-0.15, -0.1) is 0 Å². The van der Waals surface area contributed by atoms with Crippen LogP contribution in [0.1, 0.15) is 21.7 Å². The third-order valence-corrected chi connectivity index (χ3v) is 5.29. The molecule has 7 nitrogen and oxygen atoms in total. The molecule has 3 heterocycles. The third-order valence-electron chi connectivity index (χ3n) is 5.29. The largest absolute Gasteiger partial charge is 0.331 e. The second kappa shape index (κ2) is 7.44. The summed E-state index contributed by atoms with van der Waals surface area (Å²) in [6, 6.07) is 20.9. The second-order valence-electron chi connectivity index (χ2n) is 7.22. The maximum absolute atomic E-state index is 13.0. The molecular formula is C23H19N5O2. The Kier molecular flexibility index (Phi) is 4.48. The summed E-state index contributed by atoms with van der Waals surface area (Å²) in [5, 5.41) is 7.12. The quantitative estimate of drug-likeness (QED) is 0.556. The van der Waals surface area contributed by atoms with Gasteiger partial charge >= 0.3 is 0 Å². The highest BCUT2D eigenvalue weighted by atomic mass is 16.2. The molecule has 1 aliphatic rings. The molecule has 0 spiro atoms. The lowest BCUT2D eigenvalue weighted by molar-refractivity contribution is 0.0725. The first-order valence-electron chi connectivity index (χ1n) is 9.76. The molecule has 0 atom stereocenters. The zero-order valence-electron chi connectivity index (χ0n) is 16.1. The van der Waals surface area contributed by atoms with Crippen molar-refractivity contribution in [3.8, 4) is 22.6 Å². The number of aromatic amines is 2. The van der Waals surface area contributed by atoms with Gasteiger partial charge in [0, 0.05) is 23.2 Å². The summed E-state index contributed by atoms with van der Waals surface area (Å²) >= 11 is 0. The SMILES string of the molecule is O=C(c1cc(-c2ccccc2)n[nH]1)N1CCc2c(nc(-c3ccccc3)[nH]c2=O)C1. The van der Waals surface area contributed by atoms with E-state index in [9.17, 15) is 9.59 Å². The monoisotopic (exact) mass is 397 g/mol. The van der Waals surface area contributed by atoms with Crippen molar-refractivity contribution in [2.45, 2.75) is 13.0 Å². The van der Waals surface area contributed by atoms with Gasteiger partial charge in [-0.3, -0.25) is 14.7 Å². The number of fused-ring (bicyclic) bond motifs is 1. The van der Waals surface area contributed by atoms with Crippen LogP contribution in [0.2, 0.25) is 0 Å². The van der Waals surface area contributed by atoms with Gasteiger partial charge in [0.2, 0.25) is 0 Å². The van der Waals surface area contributed by atoms with E-state index in [4.69, 9.17) is 0 Å². The Morgan fingerprint density at radius 1 is 0.967 bits per heavy atom. The molecule has 1 amide bonds. The molecule has 2 aromatic heterocycles. The molecule has 2 aromatic carbocycles. The van der Waals surface area contributed by atoms with Crippen LogP contribution in [-0.4, -0.2) is 37.5 Å². The number of hydrogen-bond donors (Lipinski definition) is 2. The number of hydrogen-bond acceptors (Lipinski definition) is 4.